The number of aromatic nitrogens is 1. The van der Waals surface area contributed by atoms with Crippen LogP contribution in [0.5, 0.6) is 0 Å². The highest BCUT2D eigenvalue weighted by atomic mass is 35.5. The van der Waals surface area contributed by atoms with E-state index in [2.05, 4.69) is 22.4 Å². The van der Waals surface area contributed by atoms with Gasteiger partial charge >= 0.3 is 0 Å². The molecule has 0 radical (unpaired) electrons. The second kappa shape index (κ2) is 5.25. The van der Waals surface area contributed by atoms with Gasteiger partial charge in [-0.2, -0.15) is 0 Å². The maximum absolute atomic E-state index is 6.24. The molecule has 1 fully saturated rings. The van der Waals surface area contributed by atoms with Crippen molar-refractivity contribution >= 4 is 22.5 Å². The summed E-state index contributed by atoms with van der Waals surface area (Å²) in [6.45, 7) is 0.821. The van der Waals surface area contributed by atoms with E-state index in [-0.39, 0.29) is 0 Å². The first-order chi connectivity index (χ1) is 8.83. The minimum absolute atomic E-state index is 0.624. The molecular weight excluding hydrogens is 244 g/mol. The molecule has 18 heavy (non-hydrogen) atoms. The molecule has 2 aromatic rings. The van der Waals surface area contributed by atoms with Gasteiger partial charge in [-0.05, 0) is 25.0 Å². The number of para-hydroxylation sites is 1. The van der Waals surface area contributed by atoms with Gasteiger partial charge in [0.05, 0.1) is 5.52 Å². The van der Waals surface area contributed by atoms with Gasteiger partial charge in [-0.15, -0.1) is 0 Å². The van der Waals surface area contributed by atoms with Crippen LogP contribution in [0.2, 0.25) is 5.15 Å². The molecule has 1 aliphatic rings. The van der Waals surface area contributed by atoms with Crippen LogP contribution in [-0.4, -0.2) is 11.0 Å². The molecule has 1 aliphatic carbocycles. The van der Waals surface area contributed by atoms with Crippen LogP contribution in [0.15, 0.2) is 30.3 Å². The molecule has 0 bridgehead atoms. The summed E-state index contributed by atoms with van der Waals surface area (Å²) in [7, 11) is 0. The Morgan fingerprint density at radius 1 is 1.22 bits per heavy atom. The fourth-order valence-corrected chi connectivity index (χ4v) is 2.86. The molecular formula is C15H17ClN2. The van der Waals surface area contributed by atoms with E-state index in [0.717, 1.165) is 23.0 Å². The van der Waals surface area contributed by atoms with Crippen LogP contribution in [0, 0.1) is 0 Å². The Morgan fingerprint density at radius 3 is 2.83 bits per heavy atom. The van der Waals surface area contributed by atoms with Crippen molar-refractivity contribution in [3.8, 4) is 0 Å². The average molecular weight is 261 g/mol. The number of benzene rings is 1. The normalized spacial score (nSPS) is 16.5. The highest BCUT2D eigenvalue weighted by molar-refractivity contribution is 6.30. The topological polar surface area (TPSA) is 24.9 Å². The molecule has 1 aromatic heterocycles. The van der Waals surface area contributed by atoms with Crippen molar-refractivity contribution in [2.24, 2.45) is 0 Å². The number of halogens is 1. The van der Waals surface area contributed by atoms with E-state index in [4.69, 9.17) is 11.6 Å². The van der Waals surface area contributed by atoms with Crippen molar-refractivity contribution in [3.05, 3.63) is 41.0 Å². The second-order valence-electron chi connectivity index (χ2n) is 4.99. The molecule has 3 rings (SSSR count). The predicted molar refractivity (Wildman–Crippen MR) is 75.8 cm³/mol. The number of rotatable bonds is 3. The molecule has 1 N–H and O–H groups in total. The lowest BCUT2D eigenvalue weighted by atomic mass is 10.1. The highest BCUT2D eigenvalue weighted by Gasteiger charge is 2.14. The fraction of sp³-hybridized carbons (Fsp3) is 0.400. The van der Waals surface area contributed by atoms with Gasteiger partial charge in [-0.1, -0.05) is 42.6 Å². The first-order valence-electron chi connectivity index (χ1n) is 6.60. The number of pyridine rings is 1. The molecule has 2 nitrogen and oxygen atoms in total. The molecule has 0 spiro atoms. The molecule has 1 aromatic carbocycles. The monoisotopic (exact) mass is 260 g/mol. The summed E-state index contributed by atoms with van der Waals surface area (Å²) in [6.07, 6.45) is 5.28. The van der Waals surface area contributed by atoms with E-state index in [0.29, 0.717) is 11.2 Å². The minimum Gasteiger partial charge on any atom is -0.310 e. The van der Waals surface area contributed by atoms with Crippen LogP contribution in [-0.2, 0) is 6.54 Å². The number of hydrogen-bond acceptors (Lipinski definition) is 2. The van der Waals surface area contributed by atoms with Crippen molar-refractivity contribution < 1.29 is 0 Å². The van der Waals surface area contributed by atoms with Crippen molar-refractivity contribution in [1.82, 2.24) is 10.3 Å². The summed E-state index contributed by atoms with van der Waals surface area (Å²) >= 11 is 6.24. The maximum Gasteiger partial charge on any atom is 0.134 e. The highest BCUT2D eigenvalue weighted by Crippen LogP contribution is 2.22. The van der Waals surface area contributed by atoms with Crippen LogP contribution in [0.25, 0.3) is 10.9 Å². The Labute approximate surface area is 112 Å². The summed E-state index contributed by atoms with van der Waals surface area (Å²) in [5.74, 6) is 0. The van der Waals surface area contributed by atoms with Crippen molar-refractivity contribution in [2.75, 3.05) is 0 Å². The summed E-state index contributed by atoms with van der Waals surface area (Å²) < 4.78 is 0. The van der Waals surface area contributed by atoms with Gasteiger partial charge < -0.3 is 5.32 Å². The average Bonchev–Trinajstić information content (AvgIpc) is 2.89. The largest absolute Gasteiger partial charge is 0.310 e. The van der Waals surface area contributed by atoms with Crippen LogP contribution < -0.4 is 5.32 Å². The zero-order chi connectivity index (χ0) is 12.4. The quantitative estimate of drug-likeness (QED) is 0.846. The standard InChI is InChI=1S/C15H17ClN2/c16-15-12(10-17-13-6-2-3-7-13)9-11-5-1-4-8-14(11)18-15/h1,4-5,8-9,13,17H,2-3,6-7,10H2. The molecule has 1 heterocycles. The molecule has 1 saturated carbocycles. The lowest BCUT2D eigenvalue weighted by molar-refractivity contribution is 0.524. The smallest absolute Gasteiger partial charge is 0.134 e. The number of hydrogen-bond donors (Lipinski definition) is 1. The minimum atomic E-state index is 0.624. The predicted octanol–water partition coefficient (Wildman–Crippen LogP) is 3.92. The van der Waals surface area contributed by atoms with E-state index in [9.17, 15) is 0 Å². The molecule has 0 saturated heterocycles. The number of nitrogens with one attached hydrogen (secondary N) is 1. The lowest BCUT2D eigenvalue weighted by Crippen LogP contribution is -2.25. The first kappa shape index (κ1) is 11.9. The van der Waals surface area contributed by atoms with Crippen LogP contribution in [0.4, 0.5) is 0 Å². The Hall–Kier alpha value is -1.12. The van der Waals surface area contributed by atoms with Gasteiger partial charge in [-0.25, -0.2) is 4.98 Å². The van der Waals surface area contributed by atoms with E-state index in [1.165, 1.54) is 25.7 Å². The summed E-state index contributed by atoms with van der Waals surface area (Å²) in [5, 5.41) is 5.36. The maximum atomic E-state index is 6.24. The van der Waals surface area contributed by atoms with E-state index in [1.54, 1.807) is 0 Å². The van der Waals surface area contributed by atoms with Gasteiger partial charge in [0.15, 0.2) is 0 Å². The Bertz CT molecular complexity index is 547. The molecule has 0 atom stereocenters. The third kappa shape index (κ3) is 2.50. The first-order valence-corrected chi connectivity index (χ1v) is 6.98. The Morgan fingerprint density at radius 2 is 2.00 bits per heavy atom. The lowest BCUT2D eigenvalue weighted by Gasteiger charge is -2.12. The summed E-state index contributed by atoms with van der Waals surface area (Å²) in [4.78, 5) is 4.45. The van der Waals surface area contributed by atoms with Gasteiger partial charge in [0.25, 0.3) is 0 Å². The van der Waals surface area contributed by atoms with Gasteiger partial charge in [0.2, 0.25) is 0 Å². The molecule has 94 valence electrons. The molecule has 0 unspecified atom stereocenters. The zero-order valence-corrected chi connectivity index (χ0v) is 11.1. The second-order valence-corrected chi connectivity index (χ2v) is 5.35. The summed E-state index contributed by atoms with van der Waals surface area (Å²) in [5.41, 5.74) is 2.06. The molecule has 0 aliphatic heterocycles. The fourth-order valence-electron chi connectivity index (χ4n) is 2.64. The van der Waals surface area contributed by atoms with Crippen LogP contribution >= 0.6 is 11.6 Å². The van der Waals surface area contributed by atoms with Crippen molar-refractivity contribution in [2.45, 2.75) is 38.3 Å². The third-order valence-corrected chi connectivity index (χ3v) is 4.01. The Kier molecular flexibility index (Phi) is 3.48. The van der Waals surface area contributed by atoms with Gasteiger partial charge in [-0.3, -0.25) is 0 Å². The Balaban J connectivity index is 1.80. The van der Waals surface area contributed by atoms with Crippen LogP contribution in [0.3, 0.4) is 0 Å². The SMILES string of the molecule is Clc1nc2ccccc2cc1CNC1CCCC1. The van der Waals surface area contributed by atoms with Crippen molar-refractivity contribution in [3.63, 3.8) is 0 Å². The number of fused-ring (bicyclic) bond motifs is 1. The van der Waals surface area contributed by atoms with Crippen LogP contribution in [0.1, 0.15) is 31.2 Å². The van der Waals surface area contributed by atoms with Gasteiger partial charge in [0, 0.05) is 23.5 Å². The van der Waals surface area contributed by atoms with E-state index in [1.807, 2.05) is 18.2 Å². The third-order valence-electron chi connectivity index (χ3n) is 3.69. The number of nitrogens with zero attached hydrogens (tertiary/aromatic N) is 1. The summed E-state index contributed by atoms with van der Waals surface area (Å²) in [6, 6.07) is 10.9. The van der Waals surface area contributed by atoms with Gasteiger partial charge in [0.1, 0.15) is 5.15 Å². The molecule has 3 heteroatoms. The van der Waals surface area contributed by atoms with E-state index >= 15 is 0 Å². The van der Waals surface area contributed by atoms with Crippen molar-refractivity contribution in [1.29, 1.82) is 0 Å². The van der Waals surface area contributed by atoms with E-state index < -0.39 is 0 Å². The molecule has 0 amide bonds. The zero-order valence-electron chi connectivity index (χ0n) is 10.3.